The van der Waals surface area contributed by atoms with Crippen molar-refractivity contribution >= 4 is 11.1 Å². The van der Waals surface area contributed by atoms with Crippen LogP contribution in [0.15, 0.2) is 22.6 Å². The first-order valence-corrected chi connectivity index (χ1v) is 5.33. The molecule has 0 aliphatic heterocycles. The molecule has 3 heteroatoms. The molecule has 0 amide bonds. The van der Waals surface area contributed by atoms with Gasteiger partial charge in [-0.1, -0.05) is 19.4 Å². The number of fused-ring (bicyclic) bond motifs is 1. The second kappa shape index (κ2) is 4.03. The van der Waals surface area contributed by atoms with E-state index in [2.05, 4.69) is 11.9 Å². The minimum atomic E-state index is -0.0808. The highest BCUT2D eigenvalue weighted by atomic mass is 16.3. The maximum Gasteiger partial charge on any atom is 0.212 e. The molecule has 0 saturated carbocycles. The van der Waals surface area contributed by atoms with Gasteiger partial charge in [0.25, 0.3) is 0 Å². The molecule has 0 aliphatic rings. The van der Waals surface area contributed by atoms with E-state index in [1.54, 1.807) is 0 Å². The molecular formula is C12H16N2O. The summed E-state index contributed by atoms with van der Waals surface area (Å²) in [5.41, 5.74) is 8.85. The van der Waals surface area contributed by atoms with Gasteiger partial charge >= 0.3 is 0 Å². The fourth-order valence-electron chi connectivity index (χ4n) is 1.64. The molecule has 1 aromatic carbocycles. The van der Waals surface area contributed by atoms with Gasteiger partial charge in [-0.15, -0.1) is 0 Å². The van der Waals surface area contributed by atoms with Gasteiger partial charge in [0.1, 0.15) is 5.52 Å². The standard InChI is InChI=1S/C12H16N2O/c1-3-4-9(13)12-14-10-6-5-8(2)7-11(10)15-12/h5-7,9H,3-4,13H2,1-2H3. The van der Waals surface area contributed by atoms with Crippen molar-refractivity contribution < 1.29 is 4.42 Å². The van der Waals surface area contributed by atoms with Crippen LogP contribution in [0, 0.1) is 6.92 Å². The first-order chi connectivity index (χ1) is 7.20. The predicted octanol–water partition coefficient (Wildman–Crippen LogP) is 2.94. The van der Waals surface area contributed by atoms with Gasteiger partial charge in [-0.2, -0.15) is 0 Å². The van der Waals surface area contributed by atoms with Crippen LogP contribution >= 0.6 is 0 Å². The first kappa shape index (κ1) is 10.2. The molecule has 1 atom stereocenters. The van der Waals surface area contributed by atoms with E-state index < -0.39 is 0 Å². The Bertz CT molecular complexity index is 462. The lowest BCUT2D eigenvalue weighted by molar-refractivity contribution is 0.456. The maximum absolute atomic E-state index is 5.95. The number of hydrogen-bond donors (Lipinski definition) is 1. The van der Waals surface area contributed by atoms with Gasteiger partial charge in [0.05, 0.1) is 6.04 Å². The quantitative estimate of drug-likeness (QED) is 0.836. The zero-order valence-electron chi connectivity index (χ0n) is 9.16. The van der Waals surface area contributed by atoms with E-state index >= 15 is 0 Å². The Hall–Kier alpha value is -1.35. The average molecular weight is 204 g/mol. The highest BCUT2D eigenvalue weighted by Gasteiger charge is 2.12. The molecule has 80 valence electrons. The molecule has 15 heavy (non-hydrogen) atoms. The van der Waals surface area contributed by atoms with Crippen LogP contribution in [-0.4, -0.2) is 4.98 Å². The van der Waals surface area contributed by atoms with E-state index in [9.17, 15) is 0 Å². The van der Waals surface area contributed by atoms with Crippen LogP contribution in [0.1, 0.15) is 37.3 Å². The highest BCUT2D eigenvalue weighted by molar-refractivity contribution is 5.73. The summed E-state index contributed by atoms with van der Waals surface area (Å²) in [6.07, 6.45) is 1.95. The Labute approximate surface area is 89.3 Å². The van der Waals surface area contributed by atoms with Crippen LogP contribution in [0.25, 0.3) is 11.1 Å². The van der Waals surface area contributed by atoms with Crippen molar-refractivity contribution in [2.45, 2.75) is 32.7 Å². The molecule has 3 nitrogen and oxygen atoms in total. The van der Waals surface area contributed by atoms with Crippen LogP contribution in [-0.2, 0) is 0 Å². The van der Waals surface area contributed by atoms with Gasteiger partial charge in [-0.3, -0.25) is 0 Å². The monoisotopic (exact) mass is 204 g/mol. The molecule has 0 fully saturated rings. The number of benzene rings is 1. The summed E-state index contributed by atoms with van der Waals surface area (Å²) in [6, 6.07) is 5.91. The lowest BCUT2D eigenvalue weighted by Crippen LogP contribution is -2.09. The second-order valence-electron chi connectivity index (χ2n) is 3.92. The number of aryl methyl sites for hydroxylation is 1. The largest absolute Gasteiger partial charge is 0.439 e. The van der Waals surface area contributed by atoms with E-state index in [0.717, 1.165) is 23.9 Å². The number of nitrogens with two attached hydrogens (primary N) is 1. The predicted molar refractivity (Wildman–Crippen MR) is 60.6 cm³/mol. The van der Waals surface area contributed by atoms with Crippen LogP contribution in [0.2, 0.25) is 0 Å². The third kappa shape index (κ3) is 2.02. The van der Waals surface area contributed by atoms with E-state index in [1.165, 1.54) is 5.56 Å². The van der Waals surface area contributed by atoms with Crippen molar-refractivity contribution in [3.63, 3.8) is 0 Å². The molecule has 1 unspecified atom stereocenters. The van der Waals surface area contributed by atoms with Crippen LogP contribution in [0.3, 0.4) is 0 Å². The summed E-state index contributed by atoms with van der Waals surface area (Å²) < 4.78 is 5.63. The normalized spacial score (nSPS) is 13.3. The average Bonchev–Trinajstić information content (AvgIpc) is 2.60. The summed E-state index contributed by atoms with van der Waals surface area (Å²) in [5.74, 6) is 0.650. The first-order valence-electron chi connectivity index (χ1n) is 5.33. The Kier molecular flexibility index (Phi) is 2.73. The SMILES string of the molecule is CCCC(N)c1nc2ccc(C)cc2o1. The molecule has 0 spiro atoms. The summed E-state index contributed by atoms with van der Waals surface area (Å²) in [4.78, 5) is 4.38. The van der Waals surface area contributed by atoms with Gasteiger partial charge < -0.3 is 10.2 Å². The highest BCUT2D eigenvalue weighted by Crippen LogP contribution is 2.22. The Balaban J connectivity index is 2.38. The number of rotatable bonds is 3. The summed E-state index contributed by atoms with van der Waals surface area (Å²) in [5, 5.41) is 0. The maximum atomic E-state index is 5.95. The smallest absolute Gasteiger partial charge is 0.212 e. The number of aromatic nitrogens is 1. The zero-order valence-corrected chi connectivity index (χ0v) is 9.16. The Morgan fingerprint density at radius 1 is 1.47 bits per heavy atom. The number of oxazole rings is 1. The van der Waals surface area contributed by atoms with E-state index in [4.69, 9.17) is 10.2 Å². The van der Waals surface area contributed by atoms with Gasteiger partial charge in [-0.05, 0) is 31.0 Å². The fraction of sp³-hybridized carbons (Fsp3) is 0.417. The molecule has 0 radical (unpaired) electrons. The minimum Gasteiger partial charge on any atom is -0.439 e. The van der Waals surface area contributed by atoms with Crippen molar-refractivity contribution in [2.24, 2.45) is 5.73 Å². The molecule has 2 N–H and O–H groups in total. The summed E-state index contributed by atoms with van der Waals surface area (Å²) in [6.45, 7) is 4.14. The van der Waals surface area contributed by atoms with Crippen molar-refractivity contribution in [1.82, 2.24) is 4.98 Å². The second-order valence-corrected chi connectivity index (χ2v) is 3.92. The van der Waals surface area contributed by atoms with Gasteiger partial charge in [-0.25, -0.2) is 4.98 Å². The van der Waals surface area contributed by atoms with Gasteiger partial charge in [0, 0.05) is 0 Å². The van der Waals surface area contributed by atoms with Crippen molar-refractivity contribution in [1.29, 1.82) is 0 Å². The van der Waals surface area contributed by atoms with Crippen molar-refractivity contribution in [2.75, 3.05) is 0 Å². The lowest BCUT2D eigenvalue weighted by atomic mass is 10.2. The molecular weight excluding hydrogens is 188 g/mol. The van der Waals surface area contributed by atoms with Crippen LogP contribution in [0.4, 0.5) is 0 Å². The Morgan fingerprint density at radius 2 is 2.27 bits per heavy atom. The van der Waals surface area contributed by atoms with Crippen LogP contribution < -0.4 is 5.73 Å². The minimum absolute atomic E-state index is 0.0808. The van der Waals surface area contributed by atoms with E-state index in [0.29, 0.717) is 5.89 Å². The number of nitrogens with zero attached hydrogens (tertiary/aromatic N) is 1. The number of hydrogen-bond acceptors (Lipinski definition) is 3. The lowest BCUT2D eigenvalue weighted by Gasteiger charge is -2.03. The van der Waals surface area contributed by atoms with E-state index in [-0.39, 0.29) is 6.04 Å². The third-order valence-electron chi connectivity index (χ3n) is 2.48. The zero-order chi connectivity index (χ0) is 10.8. The summed E-state index contributed by atoms with van der Waals surface area (Å²) >= 11 is 0. The molecule has 2 rings (SSSR count). The Morgan fingerprint density at radius 3 is 3.00 bits per heavy atom. The molecule has 1 aromatic heterocycles. The fourth-order valence-corrected chi connectivity index (χ4v) is 1.64. The van der Waals surface area contributed by atoms with Crippen molar-refractivity contribution in [3.05, 3.63) is 29.7 Å². The molecule has 0 bridgehead atoms. The molecule has 2 aromatic rings. The van der Waals surface area contributed by atoms with Crippen LogP contribution in [0.5, 0.6) is 0 Å². The van der Waals surface area contributed by atoms with Crippen molar-refractivity contribution in [3.8, 4) is 0 Å². The van der Waals surface area contributed by atoms with Gasteiger partial charge in [0.2, 0.25) is 5.89 Å². The summed E-state index contributed by atoms with van der Waals surface area (Å²) in [7, 11) is 0. The third-order valence-corrected chi connectivity index (χ3v) is 2.48. The molecule has 1 heterocycles. The molecule has 0 aliphatic carbocycles. The van der Waals surface area contributed by atoms with Gasteiger partial charge in [0.15, 0.2) is 5.58 Å². The van der Waals surface area contributed by atoms with E-state index in [1.807, 2.05) is 25.1 Å². The topological polar surface area (TPSA) is 52.0 Å². The molecule has 0 saturated heterocycles.